The maximum atomic E-state index is 12.4. The van der Waals surface area contributed by atoms with Crippen LogP contribution in [0, 0.1) is 17.8 Å². The Hall–Kier alpha value is -0.676. The van der Waals surface area contributed by atoms with E-state index in [9.17, 15) is 4.79 Å². The molecule has 32 heavy (non-hydrogen) atoms. The largest absolute Gasteiger partial charge is 0.413 e. The first kappa shape index (κ1) is 29.4. The number of carbonyl (C=O) groups is 1. The van der Waals surface area contributed by atoms with Crippen molar-refractivity contribution in [3.05, 3.63) is 12.2 Å². The van der Waals surface area contributed by atoms with Gasteiger partial charge in [-0.15, -0.1) is 0 Å². The average molecular weight is 479 g/mol. The lowest BCUT2D eigenvalue weighted by Crippen LogP contribution is -2.44. The van der Waals surface area contributed by atoms with Crippen LogP contribution in [-0.4, -0.2) is 34.6 Å². The van der Waals surface area contributed by atoms with Crippen molar-refractivity contribution in [1.82, 2.24) is 0 Å². The van der Waals surface area contributed by atoms with Crippen LogP contribution in [0.1, 0.15) is 87.0 Å². The summed E-state index contributed by atoms with van der Waals surface area (Å²) in [5.74, 6) is 6.71. The molecule has 0 aromatic carbocycles. The fraction of sp³-hybridized carbons (Fsp3) is 0.815. The van der Waals surface area contributed by atoms with Crippen LogP contribution in [0.25, 0.3) is 0 Å². The summed E-state index contributed by atoms with van der Waals surface area (Å²) >= 11 is 0. The van der Waals surface area contributed by atoms with Crippen LogP contribution in [0.2, 0.25) is 36.3 Å². The summed E-state index contributed by atoms with van der Waals surface area (Å²) in [6.07, 6.45) is 5.75. The van der Waals surface area contributed by atoms with Gasteiger partial charge in [0.1, 0.15) is 0 Å². The zero-order chi connectivity index (χ0) is 25.0. The van der Waals surface area contributed by atoms with Gasteiger partial charge >= 0.3 is 0 Å². The number of hydrogen-bond acceptors (Lipinski definition) is 3. The second kappa shape index (κ2) is 11.2. The number of ketones is 1. The Morgan fingerprint density at radius 3 is 2.09 bits per heavy atom. The van der Waals surface area contributed by atoms with E-state index in [1.54, 1.807) is 0 Å². The summed E-state index contributed by atoms with van der Waals surface area (Å²) in [5.41, 5.74) is 0.619. The van der Waals surface area contributed by atoms with E-state index in [0.29, 0.717) is 18.4 Å². The third-order valence-electron chi connectivity index (χ3n) is 7.73. The first-order valence-corrected chi connectivity index (χ1v) is 18.3. The first-order chi connectivity index (χ1) is 14.4. The Kier molecular flexibility index (Phi) is 10.2. The van der Waals surface area contributed by atoms with Crippen LogP contribution >= 0.6 is 0 Å². The molecular formula is C27H50O3Si2. The molecule has 1 aliphatic carbocycles. The molecule has 1 rings (SSSR count). The van der Waals surface area contributed by atoms with Crippen molar-refractivity contribution < 1.29 is 13.6 Å². The molecule has 0 N–H and O–H groups in total. The fourth-order valence-electron chi connectivity index (χ4n) is 3.38. The summed E-state index contributed by atoms with van der Waals surface area (Å²) < 4.78 is 13.3. The molecule has 0 amide bonds. The molecule has 0 unspecified atom stereocenters. The topological polar surface area (TPSA) is 35.5 Å². The number of Topliss-reactive ketones (excluding diaryl/α,β-unsaturated/α-hetero) is 1. The molecule has 0 bridgehead atoms. The zero-order valence-corrected chi connectivity index (χ0v) is 24.9. The molecule has 0 radical (unpaired) electrons. The molecule has 3 nitrogen and oxygen atoms in total. The summed E-state index contributed by atoms with van der Waals surface area (Å²) in [4.78, 5) is 12.4. The van der Waals surface area contributed by atoms with E-state index < -0.39 is 16.6 Å². The highest BCUT2D eigenvalue weighted by molar-refractivity contribution is 6.74. The average Bonchev–Trinajstić information content (AvgIpc) is 2.86. The van der Waals surface area contributed by atoms with Gasteiger partial charge in [-0.25, -0.2) is 0 Å². The van der Waals surface area contributed by atoms with Gasteiger partial charge in [0.05, 0.1) is 18.1 Å². The van der Waals surface area contributed by atoms with E-state index in [4.69, 9.17) is 8.85 Å². The molecule has 1 fully saturated rings. The monoisotopic (exact) mass is 478 g/mol. The van der Waals surface area contributed by atoms with Crippen molar-refractivity contribution in [3.63, 3.8) is 0 Å². The summed E-state index contributed by atoms with van der Waals surface area (Å²) in [6, 6.07) is 0. The number of carbonyl (C=O) groups excluding carboxylic acids is 1. The quantitative estimate of drug-likeness (QED) is 0.146. The molecule has 3 atom stereocenters. The molecule has 0 aromatic heterocycles. The summed E-state index contributed by atoms with van der Waals surface area (Å²) in [7, 11) is -3.85. The van der Waals surface area contributed by atoms with Crippen LogP contribution < -0.4 is 0 Å². The van der Waals surface area contributed by atoms with Crippen molar-refractivity contribution in [3.8, 4) is 11.8 Å². The second-order valence-electron chi connectivity index (χ2n) is 12.6. The molecule has 1 aliphatic rings. The van der Waals surface area contributed by atoms with Crippen LogP contribution in [0.4, 0.5) is 0 Å². The second-order valence-corrected chi connectivity index (χ2v) is 22.1. The SMILES string of the molecule is C=C1C(=O)C[C@@H](O[Si](C)(C)C(C)(C)C)[C@H]1C#CC[C@@H](CCCCC)O[Si](C)(C)C(C)(C)C. The highest BCUT2D eigenvalue weighted by atomic mass is 28.4. The molecule has 0 heterocycles. The lowest BCUT2D eigenvalue weighted by atomic mass is 10.0. The Balaban J connectivity index is 3.00. The van der Waals surface area contributed by atoms with Crippen molar-refractivity contribution in [2.45, 2.75) is 135 Å². The van der Waals surface area contributed by atoms with Crippen molar-refractivity contribution in [2.75, 3.05) is 0 Å². The first-order valence-electron chi connectivity index (χ1n) is 12.5. The van der Waals surface area contributed by atoms with Gasteiger partial charge in [0.2, 0.25) is 0 Å². The lowest BCUT2D eigenvalue weighted by Gasteiger charge is -2.39. The van der Waals surface area contributed by atoms with Gasteiger partial charge in [-0.05, 0) is 42.7 Å². The predicted octanol–water partition coefficient (Wildman–Crippen LogP) is 7.89. The van der Waals surface area contributed by atoms with Crippen molar-refractivity contribution >= 4 is 22.4 Å². The normalized spacial score (nSPS) is 21.5. The molecule has 0 aromatic rings. The van der Waals surface area contributed by atoms with E-state index in [1.807, 2.05) is 0 Å². The fourth-order valence-corrected chi connectivity index (χ4v) is 6.09. The van der Waals surface area contributed by atoms with Gasteiger partial charge < -0.3 is 8.85 Å². The molecule has 0 aliphatic heterocycles. The highest BCUT2D eigenvalue weighted by Crippen LogP contribution is 2.41. The van der Waals surface area contributed by atoms with Crippen LogP contribution in [-0.2, 0) is 13.6 Å². The Morgan fingerprint density at radius 1 is 1.03 bits per heavy atom. The predicted molar refractivity (Wildman–Crippen MR) is 143 cm³/mol. The minimum atomic E-state index is -1.99. The van der Waals surface area contributed by atoms with Gasteiger partial charge in [-0.3, -0.25) is 4.79 Å². The van der Waals surface area contributed by atoms with E-state index in [2.05, 4.69) is 93.1 Å². The van der Waals surface area contributed by atoms with Crippen molar-refractivity contribution in [2.24, 2.45) is 5.92 Å². The van der Waals surface area contributed by atoms with Crippen molar-refractivity contribution in [1.29, 1.82) is 0 Å². The molecule has 0 saturated heterocycles. The van der Waals surface area contributed by atoms with E-state index in [1.165, 1.54) is 19.3 Å². The molecular weight excluding hydrogens is 428 g/mol. The Morgan fingerprint density at radius 2 is 1.59 bits per heavy atom. The summed E-state index contributed by atoms with van der Waals surface area (Å²) in [5, 5.41) is 0.275. The minimum absolute atomic E-state index is 0.0966. The van der Waals surface area contributed by atoms with E-state index in [0.717, 1.165) is 6.42 Å². The zero-order valence-electron chi connectivity index (χ0n) is 22.9. The van der Waals surface area contributed by atoms with Gasteiger partial charge in [0, 0.05) is 18.4 Å². The van der Waals surface area contributed by atoms with Crippen LogP contribution in [0.3, 0.4) is 0 Å². The molecule has 1 saturated carbocycles. The molecule has 0 spiro atoms. The van der Waals surface area contributed by atoms with Crippen LogP contribution in [0.15, 0.2) is 12.2 Å². The molecule has 184 valence electrons. The maximum Gasteiger partial charge on any atom is 0.192 e. The van der Waals surface area contributed by atoms with E-state index >= 15 is 0 Å². The summed E-state index contributed by atoms with van der Waals surface area (Å²) in [6.45, 7) is 28.9. The standard InChI is InChI=1S/C27H50O3Si2/c1-13-14-15-17-22(29-31(9,10)26(3,4)5)18-16-19-23-21(2)24(28)20-25(23)30-32(11,12)27(6,7)8/h22-23,25H,2,13-15,17-18,20H2,1,3-12H3/t22-,23+,25-/m1/s1. The van der Waals surface area contributed by atoms with Gasteiger partial charge in [0.25, 0.3) is 0 Å². The van der Waals surface area contributed by atoms with Gasteiger partial charge in [-0.1, -0.05) is 86.1 Å². The Labute approximate surface area is 201 Å². The Bertz CT molecular complexity index is 714. The third-order valence-corrected chi connectivity index (χ3v) is 16.8. The minimum Gasteiger partial charge on any atom is -0.413 e. The van der Waals surface area contributed by atoms with Gasteiger partial charge in [-0.2, -0.15) is 0 Å². The smallest absolute Gasteiger partial charge is 0.192 e. The van der Waals surface area contributed by atoms with Crippen LogP contribution in [0.5, 0.6) is 0 Å². The highest BCUT2D eigenvalue weighted by Gasteiger charge is 2.45. The number of rotatable bonds is 9. The lowest BCUT2D eigenvalue weighted by molar-refractivity contribution is -0.115. The third kappa shape index (κ3) is 7.97. The number of hydrogen-bond donors (Lipinski definition) is 0. The van der Waals surface area contributed by atoms with Gasteiger partial charge in [0.15, 0.2) is 22.4 Å². The van der Waals surface area contributed by atoms with E-state index in [-0.39, 0.29) is 34.0 Å². The maximum absolute atomic E-state index is 12.4. The number of unbranched alkanes of at least 4 members (excludes halogenated alkanes) is 2. The molecule has 5 heteroatoms.